The fourth-order valence-corrected chi connectivity index (χ4v) is 3.50. The maximum atomic E-state index is 12.3. The molecule has 0 bridgehead atoms. The number of hydrogen-bond donors (Lipinski definition) is 1. The minimum Gasteiger partial charge on any atom is -0.497 e. The maximum absolute atomic E-state index is 12.3. The summed E-state index contributed by atoms with van der Waals surface area (Å²) in [6, 6.07) is 11.9. The fraction of sp³-hybridized carbons (Fsp3) is 0.389. The highest BCUT2D eigenvalue weighted by molar-refractivity contribution is 7.12. The summed E-state index contributed by atoms with van der Waals surface area (Å²) in [5.74, 6) is 0.818. The van der Waals surface area contributed by atoms with Gasteiger partial charge in [0.1, 0.15) is 5.75 Å². The van der Waals surface area contributed by atoms with Gasteiger partial charge in [0, 0.05) is 19.6 Å². The number of ether oxygens (including phenoxy) is 2. The highest BCUT2D eigenvalue weighted by atomic mass is 32.1. The number of morpholine rings is 1. The zero-order chi connectivity index (χ0) is 16.8. The van der Waals surface area contributed by atoms with E-state index < -0.39 is 0 Å². The van der Waals surface area contributed by atoms with E-state index in [1.54, 1.807) is 7.11 Å². The summed E-state index contributed by atoms with van der Waals surface area (Å²) in [6.45, 7) is 3.76. The second kappa shape index (κ2) is 8.28. The molecule has 6 heteroatoms. The molecule has 1 aliphatic rings. The largest absolute Gasteiger partial charge is 0.497 e. The molecule has 0 radical (unpaired) electrons. The average molecular weight is 346 g/mol. The smallest absolute Gasteiger partial charge is 0.261 e. The van der Waals surface area contributed by atoms with Crippen molar-refractivity contribution in [2.75, 3.05) is 40.0 Å². The molecule has 128 valence electrons. The van der Waals surface area contributed by atoms with Crippen LogP contribution in [0.25, 0.3) is 0 Å². The van der Waals surface area contributed by atoms with Crippen molar-refractivity contribution in [1.82, 2.24) is 10.2 Å². The van der Waals surface area contributed by atoms with Gasteiger partial charge in [0.05, 0.1) is 31.2 Å². The third kappa shape index (κ3) is 4.14. The van der Waals surface area contributed by atoms with Crippen LogP contribution >= 0.6 is 11.3 Å². The van der Waals surface area contributed by atoms with E-state index >= 15 is 0 Å². The van der Waals surface area contributed by atoms with Gasteiger partial charge in [-0.15, -0.1) is 11.3 Å². The highest BCUT2D eigenvalue weighted by Gasteiger charge is 2.23. The van der Waals surface area contributed by atoms with Crippen LogP contribution in [-0.2, 0) is 4.74 Å². The summed E-state index contributed by atoms with van der Waals surface area (Å²) < 4.78 is 10.7. The van der Waals surface area contributed by atoms with Crippen LogP contribution in [0.2, 0.25) is 0 Å². The third-order valence-electron chi connectivity index (χ3n) is 4.19. The normalized spacial score (nSPS) is 16.5. The number of nitrogens with one attached hydrogen (secondary N) is 1. The number of methoxy groups -OCH3 is 1. The molecule has 1 atom stereocenters. The van der Waals surface area contributed by atoms with Crippen molar-refractivity contribution >= 4 is 17.2 Å². The summed E-state index contributed by atoms with van der Waals surface area (Å²) in [4.78, 5) is 15.4. The molecule has 1 fully saturated rings. The van der Waals surface area contributed by atoms with Crippen molar-refractivity contribution in [2.24, 2.45) is 0 Å². The van der Waals surface area contributed by atoms with Crippen LogP contribution in [0.4, 0.5) is 0 Å². The van der Waals surface area contributed by atoms with Crippen LogP contribution < -0.4 is 10.1 Å². The first kappa shape index (κ1) is 17.0. The Labute approximate surface area is 146 Å². The molecule has 1 unspecified atom stereocenters. The minimum atomic E-state index is -0.0169. The van der Waals surface area contributed by atoms with E-state index in [-0.39, 0.29) is 11.9 Å². The van der Waals surface area contributed by atoms with Crippen molar-refractivity contribution in [1.29, 1.82) is 0 Å². The van der Waals surface area contributed by atoms with Gasteiger partial charge in [-0.25, -0.2) is 0 Å². The molecule has 2 aromatic rings. The predicted molar refractivity (Wildman–Crippen MR) is 94.8 cm³/mol. The van der Waals surface area contributed by atoms with Crippen LogP contribution in [0.15, 0.2) is 41.8 Å². The number of carbonyl (C=O) groups excluding carboxylic acids is 1. The lowest BCUT2D eigenvalue weighted by molar-refractivity contribution is 0.0162. The van der Waals surface area contributed by atoms with Crippen molar-refractivity contribution in [3.63, 3.8) is 0 Å². The first-order valence-electron chi connectivity index (χ1n) is 8.05. The number of hydrogen-bond acceptors (Lipinski definition) is 5. The van der Waals surface area contributed by atoms with Gasteiger partial charge in [0.2, 0.25) is 0 Å². The predicted octanol–water partition coefficient (Wildman–Crippen LogP) is 2.56. The Kier molecular flexibility index (Phi) is 5.85. The van der Waals surface area contributed by atoms with Crippen molar-refractivity contribution < 1.29 is 14.3 Å². The monoisotopic (exact) mass is 346 g/mol. The molecule has 1 aliphatic heterocycles. The van der Waals surface area contributed by atoms with Crippen LogP contribution in [0.3, 0.4) is 0 Å². The first-order valence-corrected chi connectivity index (χ1v) is 8.93. The standard InChI is InChI=1S/C18H22N2O3S/c1-22-15-6-4-14(5-7-15)16(20-8-10-23-11-9-20)13-19-18(21)17-3-2-12-24-17/h2-7,12,16H,8-11,13H2,1H3,(H,19,21). The molecule has 1 aromatic heterocycles. The molecule has 3 rings (SSSR count). The molecule has 24 heavy (non-hydrogen) atoms. The molecule has 1 N–H and O–H groups in total. The number of thiophene rings is 1. The second-order valence-electron chi connectivity index (χ2n) is 5.62. The summed E-state index contributed by atoms with van der Waals surface area (Å²) >= 11 is 1.46. The number of rotatable bonds is 6. The molecule has 0 aliphatic carbocycles. The summed E-state index contributed by atoms with van der Waals surface area (Å²) in [5, 5.41) is 4.98. The lowest BCUT2D eigenvalue weighted by Crippen LogP contribution is -2.43. The molecule has 1 aromatic carbocycles. The number of amides is 1. The quantitative estimate of drug-likeness (QED) is 0.873. The van der Waals surface area contributed by atoms with Gasteiger partial charge in [-0.2, -0.15) is 0 Å². The molecule has 1 saturated heterocycles. The van der Waals surface area contributed by atoms with Gasteiger partial charge in [-0.05, 0) is 29.1 Å². The van der Waals surface area contributed by atoms with E-state index in [0.717, 1.165) is 36.9 Å². The SMILES string of the molecule is COc1ccc(C(CNC(=O)c2cccs2)N2CCOCC2)cc1. The Hall–Kier alpha value is -1.89. The van der Waals surface area contributed by atoms with Gasteiger partial charge < -0.3 is 14.8 Å². The average Bonchev–Trinajstić information content (AvgIpc) is 3.18. The first-order chi connectivity index (χ1) is 11.8. The Bertz CT molecular complexity index is 637. The lowest BCUT2D eigenvalue weighted by Gasteiger charge is -2.35. The number of benzene rings is 1. The Morgan fingerprint density at radius 2 is 2.04 bits per heavy atom. The van der Waals surface area contributed by atoms with Gasteiger partial charge in [0.25, 0.3) is 5.91 Å². The van der Waals surface area contributed by atoms with Crippen LogP contribution in [-0.4, -0.2) is 50.8 Å². The van der Waals surface area contributed by atoms with E-state index in [4.69, 9.17) is 9.47 Å². The van der Waals surface area contributed by atoms with Crippen LogP contribution in [0.5, 0.6) is 5.75 Å². The van der Waals surface area contributed by atoms with Crippen molar-refractivity contribution in [3.8, 4) is 5.75 Å². The van der Waals surface area contributed by atoms with Gasteiger partial charge in [0.15, 0.2) is 0 Å². The highest BCUT2D eigenvalue weighted by Crippen LogP contribution is 2.24. The Morgan fingerprint density at radius 3 is 2.67 bits per heavy atom. The maximum Gasteiger partial charge on any atom is 0.261 e. The van der Waals surface area contributed by atoms with Gasteiger partial charge in [-0.1, -0.05) is 18.2 Å². The minimum absolute atomic E-state index is 0.0169. The zero-order valence-electron chi connectivity index (χ0n) is 13.7. The summed E-state index contributed by atoms with van der Waals surface area (Å²) in [7, 11) is 1.66. The van der Waals surface area contributed by atoms with Gasteiger partial charge in [-0.3, -0.25) is 9.69 Å². The van der Waals surface area contributed by atoms with E-state index in [2.05, 4.69) is 22.3 Å². The molecule has 0 saturated carbocycles. The summed E-state index contributed by atoms with van der Waals surface area (Å²) in [5.41, 5.74) is 1.17. The molecule has 2 heterocycles. The van der Waals surface area contributed by atoms with Crippen molar-refractivity contribution in [3.05, 3.63) is 52.2 Å². The van der Waals surface area contributed by atoms with E-state index in [1.807, 2.05) is 29.6 Å². The van der Waals surface area contributed by atoms with E-state index in [0.29, 0.717) is 6.54 Å². The lowest BCUT2D eigenvalue weighted by atomic mass is 10.0. The third-order valence-corrected chi connectivity index (χ3v) is 5.06. The van der Waals surface area contributed by atoms with Crippen LogP contribution in [0.1, 0.15) is 21.3 Å². The topological polar surface area (TPSA) is 50.8 Å². The van der Waals surface area contributed by atoms with Gasteiger partial charge >= 0.3 is 0 Å². The molecular formula is C18H22N2O3S. The van der Waals surface area contributed by atoms with Crippen LogP contribution in [0, 0.1) is 0 Å². The number of carbonyl (C=O) groups is 1. The Balaban J connectivity index is 1.72. The second-order valence-corrected chi connectivity index (χ2v) is 6.57. The van der Waals surface area contributed by atoms with Crippen molar-refractivity contribution in [2.45, 2.75) is 6.04 Å². The van der Waals surface area contributed by atoms with E-state index in [9.17, 15) is 4.79 Å². The zero-order valence-corrected chi connectivity index (χ0v) is 14.6. The Morgan fingerprint density at radius 1 is 1.29 bits per heavy atom. The molecule has 5 nitrogen and oxygen atoms in total. The molecule has 1 amide bonds. The molecule has 0 spiro atoms. The molecular weight excluding hydrogens is 324 g/mol. The van der Waals surface area contributed by atoms with E-state index in [1.165, 1.54) is 16.9 Å². The fourth-order valence-electron chi connectivity index (χ4n) is 2.86. The summed E-state index contributed by atoms with van der Waals surface area (Å²) in [6.07, 6.45) is 0. The number of nitrogens with zero attached hydrogens (tertiary/aromatic N) is 1.